The Morgan fingerprint density at radius 3 is 2.57 bits per heavy atom. The molecule has 1 aliphatic rings. The van der Waals surface area contributed by atoms with E-state index in [4.69, 9.17) is 10.5 Å². The van der Waals surface area contributed by atoms with E-state index in [1.54, 1.807) is 6.07 Å². The summed E-state index contributed by atoms with van der Waals surface area (Å²) < 4.78 is 5.09. The van der Waals surface area contributed by atoms with E-state index < -0.39 is 5.91 Å². The predicted molar refractivity (Wildman–Crippen MR) is 118 cm³/mol. The third-order valence-electron chi connectivity index (χ3n) is 6.71. The number of primary amides is 1. The second-order valence-corrected chi connectivity index (χ2v) is 8.68. The molecule has 160 valence electrons. The molecule has 30 heavy (non-hydrogen) atoms. The first kappa shape index (κ1) is 22.0. The van der Waals surface area contributed by atoms with Crippen molar-refractivity contribution in [1.82, 2.24) is 4.90 Å². The van der Waals surface area contributed by atoms with Gasteiger partial charge in [0.25, 0.3) is 0 Å². The van der Waals surface area contributed by atoms with Crippen molar-refractivity contribution in [2.75, 3.05) is 26.7 Å². The SMILES string of the molecule is COC(=O)C(Cc1ccccc1)CN1CCC(C)(c2cccc(C(N)=O)c2)C(C)C1. The van der Waals surface area contributed by atoms with Crippen molar-refractivity contribution in [2.45, 2.75) is 32.1 Å². The average molecular weight is 409 g/mol. The zero-order valence-corrected chi connectivity index (χ0v) is 18.1. The minimum Gasteiger partial charge on any atom is -0.469 e. The van der Waals surface area contributed by atoms with E-state index >= 15 is 0 Å². The molecule has 5 heteroatoms. The van der Waals surface area contributed by atoms with Gasteiger partial charge in [-0.3, -0.25) is 9.59 Å². The van der Waals surface area contributed by atoms with Crippen molar-refractivity contribution in [3.8, 4) is 0 Å². The maximum atomic E-state index is 12.4. The van der Waals surface area contributed by atoms with Gasteiger partial charge in [0.15, 0.2) is 0 Å². The molecule has 1 saturated heterocycles. The van der Waals surface area contributed by atoms with Crippen molar-refractivity contribution in [3.05, 3.63) is 71.3 Å². The normalized spacial score (nSPS) is 23.0. The number of hydrogen-bond donors (Lipinski definition) is 1. The van der Waals surface area contributed by atoms with Crippen molar-refractivity contribution in [2.24, 2.45) is 17.6 Å². The van der Waals surface area contributed by atoms with Crippen LogP contribution in [-0.2, 0) is 21.4 Å². The molecule has 0 spiro atoms. The lowest BCUT2D eigenvalue weighted by atomic mass is 9.67. The molecular formula is C25H32N2O3. The van der Waals surface area contributed by atoms with Crippen LogP contribution in [0.3, 0.4) is 0 Å². The highest BCUT2D eigenvalue weighted by Crippen LogP contribution is 2.39. The molecule has 3 atom stereocenters. The zero-order chi connectivity index (χ0) is 21.7. The number of esters is 1. The Morgan fingerprint density at radius 1 is 1.20 bits per heavy atom. The molecule has 1 heterocycles. The molecule has 3 unspecified atom stereocenters. The van der Waals surface area contributed by atoms with Crippen molar-refractivity contribution in [3.63, 3.8) is 0 Å². The van der Waals surface area contributed by atoms with E-state index in [2.05, 4.69) is 36.9 Å². The number of carbonyl (C=O) groups excluding carboxylic acids is 2. The van der Waals surface area contributed by atoms with Crippen LogP contribution in [0, 0.1) is 11.8 Å². The zero-order valence-electron chi connectivity index (χ0n) is 18.1. The number of amides is 1. The number of methoxy groups -OCH3 is 1. The largest absolute Gasteiger partial charge is 0.469 e. The fourth-order valence-electron chi connectivity index (χ4n) is 4.54. The predicted octanol–water partition coefficient (Wildman–Crippen LogP) is 3.42. The fourth-order valence-corrected chi connectivity index (χ4v) is 4.54. The number of piperidine rings is 1. The number of benzene rings is 2. The standard InChI is InChI=1S/C25H32N2O3/c1-18-16-27(17-21(24(29)30-3)14-19-8-5-4-6-9-19)13-12-25(18,2)22-11-7-10-20(15-22)23(26)28/h4-11,15,18,21H,12-14,16-17H2,1-3H3,(H2,26,28). The molecule has 2 N–H and O–H groups in total. The molecule has 1 aliphatic heterocycles. The molecule has 0 saturated carbocycles. The Hall–Kier alpha value is -2.66. The van der Waals surface area contributed by atoms with Crippen LogP contribution >= 0.6 is 0 Å². The summed E-state index contributed by atoms with van der Waals surface area (Å²) in [5.41, 5.74) is 8.29. The summed E-state index contributed by atoms with van der Waals surface area (Å²) in [7, 11) is 1.46. The number of likely N-dealkylation sites (tertiary alicyclic amines) is 1. The molecule has 2 aromatic rings. The van der Waals surface area contributed by atoms with Crippen LogP contribution in [0.5, 0.6) is 0 Å². The molecule has 0 aromatic heterocycles. The van der Waals surface area contributed by atoms with Gasteiger partial charge in [0, 0.05) is 18.7 Å². The summed E-state index contributed by atoms with van der Waals surface area (Å²) >= 11 is 0. The number of nitrogens with two attached hydrogens (primary N) is 1. The summed E-state index contributed by atoms with van der Waals surface area (Å²) in [5.74, 6) is -0.377. The lowest BCUT2D eigenvalue weighted by Gasteiger charge is -2.45. The van der Waals surface area contributed by atoms with Crippen LogP contribution in [0.1, 0.15) is 41.8 Å². The minimum absolute atomic E-state index is 0.0395. The molecular weight excluding hydrogens is 376 g/mol. The topological polar surface area (TPSA) is 72.6 Å². The van der Waals surface area contributed by atoms with Gasteiger partial charge in [-0.25, -0.2) is 0 Å². The number of ether oxygens (including phenoxy) is 1. The fraction of sp³-hybridized carbons (Fsp3) is 0.440. The molecule has 2 aromatic carbocycles. The van der Waals surface area contributed by atoms with Crippen LogP contribution in [-0.4, -0.2) is 43.5 Å². The van der Waals surface area contributed by atoms with E-state index in [0.717, 1.165) is 30.6 Å². The maximum Gasteiger partial charge on any atom is 0.310 e. The molecule has 0 bridgehead atoms. The first-order valence-electron chi connectivity index (χ1n) is 10.6. The lowest BCUT2D eigenvalue weighted by Crippen LogP contribution is -2.49. The van der Waals surface area contributed by atoms with E-state index in [1.807, 2.05) is 30.3 Å². The summed E-state index contributed by atoms with van der Waals surface area (Å²) in [6.45, 7) is 6.97. The van der Waals surface area contributed by atoms with Crippen LogP contribution < -0.4 is 5.73 Å². The Morgan fingerprint density at radius 2 is 1.93 bits per heavy atom. The van der Waals surface area contributed by atoms with Gasteiger partial charge in [-0.1, -0.05) is 56.3 Å². The first-order valence-corrected chi connectivity index (χ1v) is 10.6. The van der Waals surface area contributed by atoms with Gasteiger partial charge in [-0.2, -0.15) is 0 Å². The number of hydrogen-bond acceptors (Lipinski definition) is 4. The Kier molecular flexibility index (Phi) is 6.93. The number of carbonyl (C=O) groups is 2. The van der Waals surface area contributed by atoms with E-state index in [0.29, 0.717) is 24.4 Å². The van der Waals surface area contributed by atoms with E-state index in [-0.39, 0.29) is 17.3 Å². The van der Waals surface area contributed by atoms with Gasteiger partial charge in [-0.05, 0) is 54.0 Å². The Labute approximate surface area is 179 Å². The highest BCUT2D eigenvalue weighted by molar-refractivity contribution is 5.92. The van der Waals surface area contributed by atoms with Crippen molar-refractivity contribution >= 4 is 11.9 Å². The van der Waals surface area contributed by atoms with Gasteiger partial charge in [0.2, 0.25) is 5.91 Å². The minimum atomic E-state index is -0.396. The van der Waals surface area contributed by atoms with Crippen LogP contribution in [0.25, 0.3) is 0 Å². The maximum absolute atomic E-state index is 12.4. The number of rotatable bonds is 7. The molecule has 0 radical (unpaired) electrons. The van der Waals surface area contributed by atoms with Gasteiger partial charge >= 0.3 is 5.97 Å². The van der Waals surface area contributed by atoms with Gasteiger partial charge in [-0.15, -0.1) is 0 Å². The second-order valence-electron chi connectivity index (χ2n) is 8.68. The smallest absolute Gasteiger partial charge is 0.310 e. The highest BCUT2D eigenvalue weighted by atomic mass is 16.5. The highest BCUT2D eigenvalue weighted by Gasteiger charge is 2.39. The van der Waals surface area contributed by atoms with E-state index in [1.165, 1.54) is 7.11 Å². The number of nitrogens with zero attached hydrogens (tertiary/aromatic N) is 1. The van der Waals surface area contributed by atoms with Crippen LogP contribution in [0.4, 0.5) is 0 Å². The molecule has 1 amide bonds. The van der Waals surface area contributed by atoms with Gasteiger partial charge < -0.3 is 15.4 Å². The molecule has 5 nitrogen and oxygen atoms in total. The van der Waals surface area contributed by atoms with Crippen molar-refractivity contribution < 1.29 is 14.3 Å². The Bertz CT molecular complexity index is 883. The summed E-state index contributed by atoms with van der Waals surface area (Å²) in [6, 6.07) is 17.8. The quantitative estimate of drug-likeness (QED) is 0.713. The molecule has 0 aliphatic carbocycles. The monoisotopic (exact) mass is 408 g/mol. The van der Waals surface area contributed by atoms with Gasteiger partial charge in [0.05, 0.1) is 13.0 Å². The third-order valence-corrected chi connectivity index (χ3v) is 6.71. The summed E-state index contributed by atoms with van der Waals surface area (Å²) in [4.78, 5) is 26.4. The Balaban J connectivity index is 1.71. The molecule has 1 fully saturated rings. The summed E-state index contributed by atoms with van der Waals surface area (Å²) in [5, 5.41) is 0. The second kappa shape index (κ2) is 9.43. The molecule has 3 rings (SSSR count). The van der Waals surface area contributed by atoms with Crippen molar-refractivity contribution in [1.29, 1.82) is 0 Å². The van der Waals surface area contributed by atoms with E-state index in [9.17, 15) is 9.59 Å². The first-order chi connectivity index (χ1) is 14.3. The van der Waals surface area contributed by atoms with Crippen LogP contribution in [0.15, 0.2) is 54.6 Å². The van der Waals surface area contributed by atoms with Crippen LogP contribution in [0.2, 0.25) is 0 Å². The third kappa shape index (κ3) is 4.90. The summed E-state index contributed by atoms with van der Waals surface area (Å²) in [6.07, 6.45) is 1.63. The average Bonchev–Trinajstić information content (AvgIpc) is 2.76. The van der Waals surface area contributed by atoms with Gasteiger partial charge in [0.1, 0.15) is 0 Å². The lowest BCUT2D eigenvalue weighted by molar-refractivity contribution is -0.146.